The van der Waals surface area contributed by atoms with E-state index in [1.165, 1.54) is 0 Å². The van der Waals surface area contributed by atoms with E-state index in [1.807, 2.05) is 6.92 Å². The predicted octanol–water partition coefficient (Wildman–Crippen LogP) is 2.94. The molecule has 2 heterocycles. The second kappa shape index (κ2) is 6.45. The summed E-state index contributed by atoms with van der Waals surface area (Å²) in [6.07, 6.45) is -3.31. The average molecular weight is 346 g/mol. The van der Waals surface area contributed by atoms with E-state index in [-0.39, 0.29) is 12.0 Å². The maximum absolute atomic E-state index is 12.6. The van der Waals surface area contributed by atoms with E-state index in [0.29, 0.717) is 19.6 Å². The maximum atomic E-state index is 12.6. The Morgan fingerprint density at radius 2 is 1.79 bits per heavy atom. The highest BCUT2D eigenvalue weighted by atomic mass is 19.4. The molecule has 0 unspecified atom stereocenters. The molecule has 1 aromatic heterocycles. The fourth-order valence-electron chi connectivity index (χ4n) is 2.36. The summed E-state index contributed by atoms with van der Waals surface area (Å²) in [6, 6.07) is -0.136. The normalized spacial score (nSPS) is 19.4. The van der Waals surface area contributed by atoms with E-state index < -0.39 is 23.4 Å². The van der Waals surface area contributed by atoms with Crippen LogP contribution >= 0.6 is 0 Å². The van der Waals surface area contributed by atoms with Gasteiger partial charge in [-0.05, 0) is 27.7 Å². The molecule has 0 aromatic carbocycles. The standard InChI is InChI=1S/C15H21F3N4O2/c1-10-9-21(13(23)24-14(2,3)4)5-6-22(10)12-19-7-11(8-20-12)15(16,17)18/h7-8,10H,5-6,9H2,1-4H3/t10-/m1/s1. The number of rotatable bonds is 1. The molecule has 9 heteroatoms. The quantitative estimate of drug-likeness (QED) is 0.782. The highest BCUT2D eigenvalue weighted by molar-refractivity contribution is 5.68. The third-order valence-corrected chi connectivity index (χ3v) is 3.50. The number of piperazine rings is 1. The summed E-state index contributed by atoms with van der Waals surface area (Å²) in [5, 5.41) is 0. The second-order valence-electron chi connectivity index (χ2n) is 6.74. The lowest BCUT2D eigenvalue weighted by Gasteiger charge is -2.40. The van der Waals surface area contributed by atoms with E-state index in [1.54, 1.807) is 30.6 Å². The molecular formula is C15H21F3N4O2. The first-order valence-corrected chi connectivity index (χ1v) is 7.61. The maximum Gasteiger partial charge on any atom is 0.419 e. The van der Waals surface area contributed by atoms with Gasteiger partial charge in [-0.3, -0.25) is 0 Å². The molecule has 1 aliphatic rings. The van der Waals surface area contributed by atoms with Crippen LogP contribution in [0.15, 0.2) is 12.4 Å². The van der Waals surface area contributed by atoms with E-state index in [0.717, 1.165) is 12.4 Å². The Morgan fingerprint density at radius 1 is 1.21 bits per heavy atom. The van der Waals surface area contributed by atoms with Crippen molar-refractivity contribution in [3.63, 3.8) is 0 Å². The minimum atomic E-state index is -4.46. The number of alkyl halides is 3. The molecule has 0 aliphatic carbocycles. The van der Waals surface area contributed by atoms with Gasteiger partial charge < -0.3 is 14.5 Å². The predicted molar refractivity (Wildman–Crippen MR) is 81.6 cm³/mol. The lowest BCUT2D eigenvalue weighted by atomic mass is 10.2. The van der Waals surface area contributed by atoms with Gasteiger partial charge in [-0.2, -0.15) is 13.2 Å². The van der Waals surface area contributed by atoms with Gasteiger partial charge in [0.1, 0.15) is 5.60 Å². The van der Waals surface area contributed by atoms with Crippen LogP contribution in [0.3, 0.4) is 0 Å². The van der Waals surface area contributed by atoms with Gasteiger partial charge >= 0.3 is 12.3 Å². The number of ether oxygens (including phenoxy) is 1. The third kappa shape index (κ3) is 4.48. The smallest absolute Gasteiger partial charge is 0.419 e. The van der Waals surface area contributed by atoms with Crippen molar-refractivity contribution in [3.05, 3.63) is 18.0 Å². The van der Waals surface area contributed by atoms with E-state index in [9.17, 15) is 18.0 Å². The zero-order chi connectivity index (χ0) is 18.1. The molecule has 0 N–H and O–H groups in total. The Balaban J connectivity index is 2.02. The molecule has 0 bridgehead atoms. The second-order valence-corrected chi connectivity index (χ2v) is 6.74. The summed E-state index contributed by atoms with van der Waals surface area (Å²) in [5.74, 6) is 0.222. The van der Waals surface area contributed by atoms with Crippen molar-refractivity contribution in [2.24, 2.45) is 0 Å². The molecule has 1 aromatic rings. The number of carbonyl (C=O) groups is 1. The van der Waals surface area contributed by atoms with E-state index in [4.69, 9.17) is 4.74 Å². The largest absolute Gasteiger partial charge is 0.444 e. The SMILES string of the molecule is C[C@@H]1CN(C(=O)OC(C)(C)C)CCN1c1ncc(C(F)(F)F)cn1. The van der Waals surface area contributed by atoms with Gasteiger partial charge in [-0.25, -0.2) is 14.8 Å². The molecule has 0 radical (unpaired) electrons. The van der Waals surface area contributed by atoms with Crippen molar-refractivity contribution in [1.29, 1.82) is 0 Å². The van der Waals surface area contributed by atoms with Gasteiger partial charge in [-0.15, -0.1) is 0 Å². The molecule has 1 atom stereocenters. The number of amides is 1. The Bertz CT molecular complexity index is 584. The van der Waals surface area contributed by atoms with Crippen LogP contribution in [0.2, 0.25) is 0 Å². The lowest BCUT2D eigenvalue weighted by Crippen LogP contribution is -2.55. The molecule has 1 fully saturated rings. The van der Waals surface area contributed by atoms with Crippen LogP contribution in [0.5, 0.6) is 0 Å². The van der Waals surface area contributed by atoms with Crippen molar-refractivity contribution in [3.8, 4) is 0 Å². The fourth-order valence-corrected chi connectivity index (χ4v) is 2.36. The summed E-state index contributed by atoms with van der Waals surface area (Å²) in [4.78, 5) is 23.1. The highest BCUT2D eigenvalue weighted by Crippen LogP contribution is 2.28. The highest BCUT2D eigenvalue weighted by Gasteiger charge is 2.33. The molecule has 1 amide bonds. The summed E-state index contributed by atoms with van der Waals surface area (Å²) in [7, 11) is 0. The van der Waals surface area contributed by atoms with Gasteiger partial charge in [0, 0.05) is 38.1 Å². The van der Waals surface area contributed by atoms with Crippen LogP contribution in [0, 0.1) is 0 Å². The van der Waals surface area contributed by atoms with Gasteiger partial charge in [0.2, 0.25) is 5.95 Å². The summed E-state index contributed by atoms with van der Waals surface area (Å²) in [6.45, 7) is 8.44. The molecule has 2 rings (SSSR count). The van der Waals surface area contributed by atoms with Crippen molar-refractivity contribution in [2.45, 2.75) is 45.5 Å². The summed E-state index contributed by atoms with van der Waals surface area (Å²) < 4.78 is 43.0. The molecule has 6 nitrogen and oxygen atoms in total. The first kappa shape index (κ1) is 18.3. The van der Waals surface area contributed by atoms with Gasteiger partial charge in [0.25, 0.3) is 0 Å². The molecule has 0 saturated carbocycles. The first-order chi connectivity index (χ1) is 11.0. The summed E-state index contributed by atoms with van der Waals surface area (Å²) in [5.41, 5.74) is -1.46. The molecule has 1 aliphatic heterocycles. The molecule has 24 heavy (non-hydrogen) atoms. The van der Waals surface area contributed by atoms with Crippen LogP contribution < -0.4 is 4.90 Å². The Hall–Kier alpha value is -2.06. The molecule has 0 spiro atoms. The van der Waals surface area contributed by atoms with Crippen molar-refractivity contribution in [1.82, 2.24) is 14.9 Å². The Labute approximate surface area is 138 Å². The van der Waals surface area contributed by atoms with Crippen molar-refractivity contribution in [2.75, 3.05) is 24.5 Å². The lowest BCUT2D eigenvalue weighted by molar-refractivity contribution is -0.138. The number of hydrogen-bond acceptors (Lipinski definition) is 5. The Kier molecular flexibility index (Phi) is 4.91. The first-order valence-electron chi connectivity index (χ1n) is 7.61. The van der Waals surface area contributed by atoms with Gasteiger partial charge in [-0.1, -0.05) is 0 Å². The molecule has 134 valence electrons. The van der Waals surface area contributed by atoms with E-state index in [2.05, 4.69) is 9.97 Å². The molecular weight excluding hydrogens is 325 g/mol. The number of aromatic nitrogens is 2. The Morgan fingerprint density at radius 3 is 2.25 bits per heavy atom. The minimum absolute atomic E-state index is 0.136. The van der Waals surface area contributed by atoms with Crippen LogP contribution in [0.1, 0.15) is 33.3 Å². The number of halogens is 3. The number of carbonyl (C=O) groups excluding carboxylic acids is 1. The van der Waals surface area contributed by atoms with Crippen LogP contribution in [0.25, 0.3) is 0 Å². The average Bonchev–Trinajstić information content (AvgIpc) is 2.44. The van der Waals surface area contributed by atoms with Crippen LogP contribution in [-0.2, 0) is 10.9 Å². The minimum Gasteiger partial charge on any atom is -0.444 e. The number of nitrogens with zero attached hydrogens (tertiary/aromatic N) is 4. The van der Waals surface area contributed by atoms with Crippen LogP contribution in [-0.4, -0.2) is 52.2 Å². The van der Waals surface area contributed by atoms with E-state index >= 15 is 0 Å². The van der Waals surface area contributed by atoms with Crippen molar-refractivity contribution >= 4 is 12.0 Å². The topological polar surface area (TPSA) is 58.6 Å². The zero-order valence-electron chi connectivity index (χ0n) is 14.1. The zero-order valence-corrected chi connectivity index (χ0v) is 14.1. The number of anilines is 1. The monoisotopic (exact) mass is 346 g/mol. The molecule has 1 saturated heterocycles. The number of hydrogen-bond donors (Lipinski definition) is 0. The third-order valence-electron chi connectivity index (χ3n) is 3.50. The van der Waals surface area contributed by atoms with Crippen LogP contribution in [0.4, 0.5) is 23.9 Å². The summed E-state index contributed by atoms with van der Waals surface area (Å²) >= 11 is 0. The fraction of sp³-hybridized carbons (Fsp3) is 0.667. The van der Waals surface area contributed by atoms with Gasteiger partial charge in [0.05, 0.1) is 5.56 Å². The van der Waals surface area contributed by atoms with Crippen molar-refractivity contribution < 1.29 is 22.7 Å². The van der Waals surface area contributed by atoms with Gasteiger partial charge in [0.15, 0.2) is 0 Å².